The lowest BCUT2D eigenvalue weighted by molar-refractivity contribution is -0.140. The van der Waals surface area contributed by atoms with Crippen molar-refractivity contribution in [3.63, 3.8) is 0 Å². The van der Waals surface area contributed by atoms with Gasteiger partial charge in [0.25, 0.3) is 0 Å². The van der Waals surface area contributed by atoms with E-state index in [0.717, 1.165) is 42.6 Å². The van der Waals surface area contributed by atoms with Gasteiger partial charge < -0.3 is 9.47 Å². The van der Waals surface area contributed by atoms with Gasteiger partial charge in [-0.15, -0.1) is 0 Å². The van der Waals surface area contributed by atoms with Crippen LogP contribution in [0.25, 0.3) is 0 Å². The first-order valence-electron chi connectivity index (χ1n) is 11.5. The smallest absolute Gasteiger partial charge is 0.314 e. The summed E-state index contributed by atoms with van der Waals surface area (Å²) in [5.41, 5.74) is 2.89. The van der Waals surface area contributed by atoms with Gasteiger partial charge in [-0.1, -0.05) is 84.7 Å². The second kappa shape index (κ2) is 9.06. The average Bonchev–Trinajstić information content (AvgIpc) is 2.72. The molecule has 3 rings (SSSR count). The lowest BCUT2D eigenvalue weighted by atomic mass is 9.75. The molecule has 0 N–H and O–H groups in total. The summed E-state index contributed by atoms with van der Waals surface area (Å²) in [6.07, 6.45) is 4.14. The molecule has 0 radical (unpaired) electrons. The van der Waals surface area contributed by atoms with Crippen LogP contribution in [0.4, 0.5) is 0 Å². The van der Waals surface area contributed by atoms with E-state index in [2.05, 4.69) is 65.8 Å². The molecule has 1 aliphatic carbocycles. The first kappa shape index (κ1) is 23.4. The molecule has 0 aliphatic heterocycles. The second-order valence-corrected chi connectivity index (χ2v) is 10.9. The van der Waals surface area contributed by atoms with Crippen LogP contribution in [0.5, 0.6) is 11.5 Å². The van der Waals surface area contributed by atoms with Crippen molar-refractivity contribution < 1.29 is 14.3 Å². The predicted octanol–water partition coefficient (Wildman–Crippen LogP) is 7.17. The number of esters is 1. The maximum atomic E-state index is 13.6. The van der Waals surface area contributed by atoms with Gasteiger partial charge in [0, 0.05) is 11.1 Å². The maximum Gasteiger partial charge on any atom is 0.314 e. The summed E-state index contributed by atoms with van der Waals surface area (Å²) in [6.45, 7) is 12.9. The Hall–Kier alpha value is -2.29. The molecule has 168 valence electrons. The van der Waals surface area contributed by atoms with Crippen LogP contribution in [0, 0.1) is 5.92 Å². The fraction of sp³-hybridized carbons (Fsp3) is 0.536. The molecule has 31 heavy (non-hydrogen) atoms. The molecule has 0 unspecified atom stereocenters. The number of carbonyl (C=O) groups is 1. The second-order valence-electron chi connectivity index (χ2n) is 10.9. The monoisotopic (exact) mass is 422 g/mol. The van der Waals surface area contributed by atoms with Gasteiger partial charge in [-0.3, -0.25) is 4.79 Å². The highest BCUT2D eigenvalue weighted by Crippen LogP contribution is 2.44. The summed E-state index contributed by atoms with van der Waals surface area (Å²) in [7, 11) is 1.69. The number of rotatable bonds is 4. The van der Waals surface area contributed by atoms with Gasteiger partial charge in [0.15, 0.2) is 0 Å². The molecule has 0 bridgehead atoms. The summed E-state index contributed by atoms with van der Waals surface area (Å²) in [5.74, 6) is 1.52. The van der Waals surface area contributed by atoms with Gasteiger partial charge in [0.05, 0.1) is 13.0 Å². The first-order valence-corrected chi connectivity index (χ1v) is 11.5. The molecule has 1 aliphatic rings. The third kappa shape index (κ3) is 5.31. The van der Waals surface area contributed by atoms with Crippen molar-refractivity contribution in [2.45, 2.75) is 84.0 Å². The molecule has 0 spiro atoms. The SMILES string of the molecule is COc1cc(C(C)(C)C)c(OC(=O)[C@@H]2CCCC[C@@H]2c2ccccc2)c(C(C)(C)C)c1. The zero-order valence-electron chi connectivity index (χ0n) is 20.2. The van der Waals surface area contributed by atoms with Gasteiger partial charge in [0.1, 0.15) is 11.5 Å². The standard InChI is InChI=1S/C28H38O3/c1-27(2,3)23-17-20(30-7)18-24(28(4,5)6)25(23)31-26(29)22-16-12-11-15-21(22)19-13-9-8-10-14-19/h8-10,13-14,17-18,21-22H,11-12,15-16H2,1-7H3/t21-,22-/m1/s1. The van der Waals surface area contributed by atoms with Crippen LogP contribution in [0.1, 0.15) is 89.8 Å². The molecule has 0 aromatic heterocycles. The Morgan fingerprint density at radius 2 is 1.42 bits per heavy atom. The Morgan fingerprint density at radius 1 is 0.871 bits per heavy atom. The van der Waals surface area contributed by atoms with Crippen LogP contribution in [-0.2, 0) is 15.6 Å². The van der Waals surface area contributed by atoms with E-state index in [4.69, 9.17) is 9.47 Å². The van der Waals surface area contributed by atoms with E-state index >= 15 is 0 Å². The number of methoxy groups -OCH3 is 1. The Labute approximate surface area is 188 Å². The highest BCUT2D eigenvalue weighted by Gasteiger charge is 2.36. The van der Waals surface area contributed by atoms with Crippen molar-refractivity contribution >= 4 is 5.97 Å². The first-order chi connectivity index (χ1) is 14.5. The van der Waals surface area contributed by atoms with Crippen molar-refractivity contribution in [2.24, 2.45) is 5.92 Å². The molecule has 2 aromatic rings. The summed E-state index contributed by atoms with van der Waals surface area (Å²) in [4.78, 5) is 13.6. The van der Waals surface area contributed by atoms with Gasteiger partial charge in [-0.05, 0) is 47.3 Å². The van der Waals surface area contributed by atoms with Crippen molar-refractivity contribution in [3.05, 3.63) is 59.2 Å². The largest absolute Gasteiger partial charge is 0.497 e. The van der Waals surface area contributed by atoms with E-state index in [1.807, 2.05) is 18.2 Å². The molecular formula is C28H38O3. The highest BCUT2D eigenvalue weighted by atomic mass is 16.5. The van der Waals surface area contributed by atoms with Crippen LogP contribution < -0.4 is 9.47 Å². The topological polar surface area (TPSA) is 35.5 Å². The van der Waals surface area contributed by atoms with Crippen LogP contribution in [0.15, 0.2) is 42.5 Å². The molecule has 2 atom stereocenters. The molecule has 1 saturated carbocycles. The lowest BCUT2D eigenvalue weighted by Crippen LogP contribution is -2.31. The van der Waals surface area contributed by atoms with E-state index in [0.29, 0.717) is 5.75 Å². The minimum atomic E-state index is -0.185. The molecule has 3 nitrogen and oxygen atoms in total. The van der Waals surface area contributed by atoms with E-state index < -0.39 is 0 Å². The van der Waals surface area contributed by atoms with Crippen LogP contribution in [-0.4, -0.2) is 13.1 Å². The quantitative estimate of drug-likeness (QED) is 0.387. The lowest BCUT2D eigenvalue weighted by Gasteiger charge is -2.33. The van der Waals surface area contributed by atoms with Gasteiger partial charge in [-0.25, -0.2) is 0 Å². The maximum absolute atomic E-state index is 13.6. The summed E-state index contributed by atoms with van der Waals surface area (Å²) < 4.78 is 11.9. The van der Waals surface area contributed by atoms with Crippen LogP contribution in [0.2, 0.25) is 0 Å². The predicted molar refractivity (Wildman–Crippen MR) is 127 cm³/mol. The average molecular weight is 423 g/mol. The van der Waals surface area contributed by atoms with Gasteiger partial charge >= 0.3 is 5.97 Å². The number of hydrogen-bond donors (Lipinski definition) is 0. The Bertz CT molecular complexity index is 865. The molecule has 3 heteroatoms. The van der Waals surface area contributed by atoms with Crippen molar-refractivity contribution in [3.8, 4) is 11.5 Å². The normalized spacial score (nSPS) is 19.7. The van der Waals surface area contributed by atoms with E-state index in [1.165, 1.54) is 5.56 Å². The zero-order valence-corrected chi connectivity index (χ0v) is 20.2. The van der Waals surface area contributed by atoms with E-state index in [1.54, 1.807) is 7.11 Å². The summed E-state index contributed by atoms with van der Waals surface area (Å²) in [6, 6.07) is 14.5. The van der Waals surface area contributed by atoms with Crippen molar-refractivity contribution in [1.29, 1.82) is 0 Å². The molecular weight excluding hydrogens is 384 g/mol. The third-order valence-electron chi connectivity index (χ3n) is 6.41. The zero-order chi connectivity index (χ0) is 22.8. The third-order valence-corrected chi connectivity index (χ3v) is 6.41. The van der Waals surface area contributed by atoms with Crippen LogP contribution >= 0.6 is 0 Å². The van der Waals surface area contributed by atoms with Crippen molar-refractivity contribution in [2.75, 3.05) is 7.11 Å². The number of ether oxygens (including phenoxy) is 2. The molecule has 2 aromatic carbocycles. The van der Waals surface area contributed by atoms with E-state index in [9.17, 15) is 4.79 Å². The number of carbonyl (C=O) groups excluding carboxylic acids is 1. The molecule has 0 saturated heterocycles. The molecule has 1 fully saturated rings. The van der Waals surface area contributed by atoms with E-state index in [-0.39, 0.29) is 28.6 Å². The minimum Gasteiger partial charge on any atom is -0.497 e. The van der Waals surface area contributed by atoms with Gasteiger partial charge in [-0.2, -0.15) is 0 Å². The number of benzene rings is 2. The summed E-state index contributed by atoms with van der Waals surface area (Å²) >= 11 is 0. The van der Waals surface area contributed by atoms with Gasteiger partial charge in [0.2, 0.25) is 0 Å². The van der Waals surface area contributed by atoms with Crippen molar-refractivity contribution in [1.82, 2.24) is 0 Å². The number of hydrogen-bond acceptors (Lipinski definition) is 3. The Kier molecular flexibility index (Phi) is 6.83. The highest BCUT2D eigenvalue weighted by molar-refractivity contribution is 5.78. The van der Waals surface area contributed by atoms with Crippen LogP contribution in [0.3, 0.4) is 0 Å². The fourth-order valence-electron chi connectivity index (χ4n) is 4.63. The summed E-state index contributed by atoms with van der Waals surface area (Å²) in [5, 5.41) is 0. The Morgan fingerprint density at radius 3 is 1.94 bits per heavy atom. The minimum absolute atomic E-state index is 0.102. The fourth-order valence-corrected chi connectivity index (χ4v) is 4.63. The molecule has 0 heterocycles. The molecule has 0 amide bonds. The Balaban J connectivity index is 2.03.